The maximum atomic E-state index is 12.5. The zero-order valence-electron chi connectivity index (χ0n) is 14.6. The summed E-state index contributed by atoms with van der Waals surface area (Å²) < 4.78 is 6.85. The fraction of sp³-hybridized carbons (Fsp3) is 0.111. The predicted molar refractivity (Wildman–Crippen MR) is 103 cm³/mol. The Bertz CT molecular complexity index is 1080. The van der Waals surface area contributed by atoms with E-state index in [4.69, 9.17) is 4.74 Å². The number of aromatic nitrogens is 5. The molecular formula is C18H16N6O2S. The Hall–Kier alpha value is -3.46. The summed E-state index contributed by atoms with van der Waals surface area (Å²) in [4.78, 5) is 16.9. The summed E-state index contributed by atoms with van der Waals surface area (Å²) in [5.41, 5.74) is 3.60. The lowest BCUT2D eigenvalue weighted by molar-refractivity contribution is 0.102. The van der Waals surface area contributed by atoms with Gasteiger partial charge in [-0.2, -0.15) is 10.2 Å². The van der Waals surface area contributed by atoms with E-state index in [-0.39, 0.29) is 5.91 Å². The lowest BCUT2D eigenvalue weighted by atomic mass is 10.1. The monoisotopic (exact) mass is 380 g/mol. The number of methoxy groups -OCH3 is 1. The molecule has 0 fully saturated rings. The number of nitrogens with zero attached hydrogens (tertiary/aromatic N) is 4. The number of H-pyrrole nitrogens is 1. The Morgan fingerprint density at radius 1 is 1.22 bits per heavy atom. The van der Waals surface area contributed by atoms with Crippen molar-refractivity contribution in [2.45, 2.75) is 0 Å². The second kappa shape index (κ2) is 7.04. The van der Waals surface area contributed by atoms with Gasteiger partial charge in [-0.1, -0.05) is 0 Å². The average molecular weight is 380 g/mol. The minimum absolute atomic E-state index is 0.297. The minimum atomic E-state index is -0.297. The first-order valence-corrected chi connectivity index (χ1v) is 8.96. The number of benzene rings is 1. The molecule has 8 nitrogen and oxygen atoms in total. The van der Waals surface area contributed by atoms with Gasteiger partial charge in [0.2, 0.25) is 0 Å². The molecule has 2 N–H and O–H groups in total. The van der Waals surface area contributed by atoms with Crippen molar-refractivity contribution in [3.63, 3.8) is 0 Å². The molecule has 0 atom stereocenters. The molecule has 4 rings (SSSR count). The molecule has 0 saturated heterocycles. The van der Waals surface area contributed by atoms with E-state index in [0.29, 0.717) is 16.5 Å². The van der Waals surface area contributed by atoms with Crippen LogP contribution in [-0.2, 0) is 7.05 Å². The van der Waals surface area contributed by atoms with Gasteiger partial charge in [0.15, 0.2) is 5.13 Å². The molecule has 0 aliphatic heterocycles. The molecule has 27 heavy (non-hydrogen) atoms. The Morgan fingerprint density at radius 2 is 2.04 bits per heavy atom. The van der Waals surface area contributed by atoms with Crippen LogP contribution < -0.4 is 10.1 Å². The van der Waals surface area contributed by atoms with E-state index in [1.807, 2.05) is 42.9 Å². The van der Waals surface area contributed by atoms with Gasteiger partial charge in [-0.25, -0.2) is 4.98 Å². The highest BCUT2D eigenvalue weighted by Gasteiger charge is 2.14. The van der Waals surface area contributed by atoms with Crippen molar-refractivity contribution in [2.24, 2.45) is 7.05 Å². The van der Waals surface area contributed by atoms with Gasteiger partial charge < -0.3 is 4.74 Å². The van der Waals surface area contributed by atoms with Crippen LogP contribution in [0.2, 0.25) is 0 Å². The van der Waals surface area contributed by atoms with Crippen LogP contribution in [-0.4, -0.2) is 38.0 Å². The number of amides is 1. The number of rotatable bonds is 5. The number of carbonyl (C=O) groups excluding carboxylic acids is 1. The van der Waals surface area contributed by atoms with Gasteiger partial charge >= 0.3 is 0 Å². The molecule has 1 aromatic carbocycles. The number of aromatic amines is 1. The van der Waals surface area contributed by atoms with Crippen molar-refractivity contribution < 1.29 is 9.53 Å². The number of carbonyl (C=O) groups is 1. The second-order valence-electron chi connectivity index (χ2n) is 5.79. The second-order valence-corrected chi connectivity index (χ2v) is 6.65. The van der Waals surface area contributed by atoms with Crippen LogP contribution in [0, 0.1) is 0 Å². The third-order valence-electron chi connectivity index (χ3n) is 3.93. The third kappa shape index (κ3) is 3.58. The number of thiazole rings is 1. The van der Waals surface area contributed by atoms with Crippen LogP contribution in [0.1, 0.15) is 10.5 Å². The Morgan fingerprint density at radius 3 is 2.74 bits per heavy atom. The number of ether oxygens (including phenoxy) is 1. The largest absolute Gasteiger partial charge is 0.497 e. The quantitative estimate of drug-likeness (QED) is 0.554. The maximum Gasteiger partial charge on any atom is 0.275 e. The Kier molecular flexibility index (Phi) is 4.43. The number of hydrogen-bond acceptors (Lipinski definition) is 6. The fourth-order valence-corrected chi connectivity index (χ4v) is 3.24. The smallest absolute Gasteiger partial charge is 0.275 e. The summed E-state index contributed by atoms with van der Waals surface area (Å²) in [5.74, 6) is 0.467. The standard InChI is InChI=1S/C18H16N6O2S/c1-24-9-12(8-19-24)16-10-27-18(20-16)21-17(25)15-7-14(22-23-15)11-3-5-13(26-2)6-4-11/h3-10H,1-2H3,(H,22,23)(H,20,21,25). The predicted octanol–water partition coefficient (Wildman–Crippen LogP) is 3.19. The van der Waals surface area contributed by atoms with Gasteiger partial charge in [-0.05, 0) is 30.3 Å². The van der Waals surface area contributed by atoms with Crippen molar-refractivity contribution >= 4 is 22.4 Å². The minimum Gasteiger partial charge on any atom is -0.497 e. The van der Waals surface area contributed by atoms with E-state index < -0.39 is 0 Å². The number of anilines is 1. The van der Waals surface area contributed by atoms with Gasteiger partial charge in [-0.3, -0.25) is 19.9 Å². The summed E-state index contributed by atoms with van der Waals surface area (Å²) in [5, 5.41) is 16.3. The van der Waals surface area contributed by atoms with Gasteiger partial charge in [-0.15, -0.1) is 11.3 Å². The molecule has 0 radical (unpaired) electrons. The number of hydrogen-bond donors (Lipinski definition) is 2. The van der Waals surface area contributed by atoms with Gasteiger partial charge in [0.05, 0.1) is 24.7 Å². The van der Waals surface area contributed by atoms with Crippen LogP contribution in [0.15, 0.2) is 48.1 Å². The first-order chi connectivity index (χ1) is 13.1. The van der Waals surface area contributed by atoms with E-state index >= 15 is 0 Å². The molecular weight excluding hydrogens is 364 g/mol. The van der Waals surface area contributed by atoms with Crippen LogP contribution in [0.3, 0.4) is 0 Å². The van der Waals surface area contributed by atoms with Gasteiger partial charge in [0.1, 0.15) is 11.4 Å². The molecule has 136 valence electrons. The van der Waals surface area contributed by atoms with Crippen molar-refractivity contribution in [1.82, 2.24) is 25.0 Å². The van der Waals surface area contributed by atoms with E-state index in [0.717, 1.165) is 22.6 Å². The summed E-state index contributed by atoms with van der Waals surface area (Å²) in [7, 11) is 3.46. The van der Waals surface area contributed by atoms with Crippen LogP contribution in [0.5, 0.6) is 5.75 Å². The molecule has 0 saturated carbocycles. The van der Waals surface area contributed by atoms with Crippen molar-refractivity contribution in [2.75, 3.05) is 12.4 Å². The van der Waals surface area contributed by atoms with Gasteiger partial charge in [0, 0.05) is 29.8 Å². The first kappa shape index (κ1) is 17.0. The highest BCUT2D eigenvalue weighted by Crippen LogP contribution is 2.25. The average Bonchev–Trinajstić information content (AvgIpc) is 3.42. The molecule has 0 aliphatic carbocycles. The van der Waals surface area contributed by atoms with Crippen molar-refractivity contribution in [1.29, 1.82) is 0 Å². The first-order valence-electron chi connectivity index (χ1n) is 8.08. The maximum absolute atomic E-state index is 12.5. The summed E-state index contributed by atoms with van der Waals surface area (Å²) in [6.45, 7) is 0. The van der Waals surface area contributed by atoms with Gasteiger partial charge in [0.25, 0.3) is 5.91 Å². The van der Waals surface area contributed by atoms with E-state index in [2.05, 4.69) is 25.6 Å². The fourth-order valence-electron chi connectivity index (χ4n) is 2.53. The molecule has 0 bridgehead atoms. The lowest BCUT2D eigenvalue weighted by Gasteiger charge is -2.00. The molecule has 0 spiro atoms. The summed E-state index contributed by atoms with van der Waals surface area (Å²) in [6, 6.07) is 9.17. The van der Waals surface area contributed by atoms with E-state index in [1.54, 1.807) is 24.1 Å². The van der Waals surface area contributed by atoms with E-state index in [9.17, 15) is 4.79 Å². The van der Waals surface area contributed by atoms with Crippen molar-refractivity contribution in [3.05, 3.63) is 53.8 Å². The third-order valence-corrected chi connectivity index (χ3v) is 4.69. The highest BCUT2D eigenvalue weighted by molar-refractivity contribution is 7.14. The normalized spacial score (nSPS) is 10.7. The Balaban J connectivity index is 1.47. The SMILES string of the molecule is COc1ccc(-c2cc(C(=O)Nc3nc(-c4cnn(C)c4)cs3)[nH]n2)cc1. The van der Waals surface area contributed by atoms with Crippen LogP contribution in [0.4, 0.5) is 5.13 Å². The van der Waals surface area contributed by atoms with Crippen LogP contribution in [0.25, 0.3) is 22.5 Å². The lowest BCUT2D eigenvalue weighted by Crippen LogP contribution is -2.12. The summed E-state index contributed by atoms with van der Waals surface area (Å²) >= 11 is 1.36. The number of aryl methyl sites for hydroxylation is 1. The zero-order chi connectivity index (χ0) is 18.8. The number of nitrogens with one attached hydrogen (secondary N) is 2. The molecule has 3 heterocycles. The topological polar surface area (TPSA) is 97.7 Å². The molecule has 9 heteroatoms. The van der Waals surface area contributed by atoms with E-state index in [1.165, 1.54) is 11.3 Å². The highest BCUT2D eigenvalue weighted by atomic mass is 32.1. The molecule has 4 aromatic rings. The summed E-state index contributed by atoms with van der Waals surface area (Å²) in [6.07, 6.45) is 3.60. The molecule has 0 unspecified atom stereocenters. The molecule has 0 aliphatic rings. The zero-order valence-corrected chi connectivity index (χ0v) is 15.4. The Labute approximate surface area is 158 Å². The van der Waals surface area contributed by atoms with Crippen molar-refractivity contribution in [3.8, 4) is 28.3 Å². The molecule has 1 amide bonds. The molecule has 3 aromatic heterocycles. The van der Waals surface area contributed by atoms with Crippen LogP contribution >= 0.6 is 11.3 Å².